The molecular formula is C18H16Br2N2O. The minimum absolute atomic E-state index is 0.0173. The Labute approximate surface area is 152 Å². The molecule has 1 aliphatic carbocycles. The Kier molecular flexibility index (Phi) is 4.59. The van der Waals surface area contributed by atoms with Crippen molar-refractivity contribution in [1.29, 1.82) is 5.26 Å². The van der Waals surface area contributed by atoms with E-state index in [1.165, 1.54) is 0 Å². The van der Waals surface area contributed by atoms with E-state index in [0.29, 0.717) is 0 Å². The van der Waals surface area contributed by atoms with Crippen molar-refractivity contribution < 1.29 is 4.74 Å². The van der Waals surface area contributed by atoms with Gasteiger partial charge in [0.25, 0.3) is 0 Å². The van der Waals surface area contributed by atoms with E-state index in [1.807, 2.05) is 30.3 Å². The van der Waals surface area contributed by atoms with Gasteiger partial charge in [-0.3, -0.25) is 4.98 Å². The number of hydrogen-bond donors (Lipinski definition) is 0. The molecule has 1 aromatic carbocycles. The van der Waals surface area contributed by atoms with E-state index < -0.39 is 6.10 Å². The van der Waals surface area contributed by atoms with Gasteiger partial charge in [0.2, 0.25) is 0 Å². The Morgan fingerprint density at radius 1 is 1.39 bits per heavy atom. The van der Waals surface area contributed by atoms with Crippen LogP contribution in [0.25, 0.3) is 10.9 Å². The van der Waals surface area contributed by atoms with Crippen molar-refractivity contribution in [2.45, 2.75) is 26.1 Å². The second-order valence-electron chi connectivity index (χ2n) is 6.33. The van der Waals surface area contributed by atoms with Crippen molar-refractivity contribution in [2.75, 3.05) is 0 Å². The molecule has 0 bridgehead atoms. The van der Waals surface area contributed by atoms with Crippen LogP contribution in [0.3, 0.4) is 0 Å². The summed E-state index contributed by atoms with van der Waals surface area (Å²) in [7, 11) is 0. The first-order chi connectivity index (χ1) is 10.9. The number of ether oxygens (including phenoxy) is 1. The van der Waals surface area contributed by atoms with Crippen molar-refractivity contribution in [1.82, 2.24) is 4.98 Å². The second kappa shape index (κ2) is 6.35. The fraction of sp³-hybridized carbons (Fsp3) is 0.333. The molecule has 0 aliphatic heterocycles. The van der Waals surface area contributed by atoms with Crippen molar-refractivity contribution >= 4 is 42.8 Å². The van der Waals surface area contributed by atoms with Gasteiger partial charge in [0, 0.05) is 28.5 Å². The molecule has 1 heterocycles. The topological polar surface area (TPSA) is 45.9 Å². The number of nitrogens with zero attached hydrogens (tertiary/aromatic N) is 2. The van der Waals surface area contributed by atoms with Gasteiger partial charge in [0.05, 0.1) is 21.1 Å². The number of hydrogen-bond acceptors (Lipinski definition) is 3. The lowest BCUT2D eigenvalue weighted by Crippen LogP contribution is -2.08. The van der Waals surface area contributed by atoms with Gasteiger partial charge in [-0.1, -0.05) is 38.1 Å². The molecule has 5 heteroatoms. The summed E-state index contributed by atoms with van der Waals surface area (Å²) in [6.45, 7) is 4.30. The van der Waals surface area contributed by atoms with Crippen LogP contribution in [0.15, 0.2) is 46.0 Å². The van der Waals surface area contributed by atoms with E-state index in [0.717, 1.165) is 19.9 Å². The quantitative estimate of drug-likeness (QED) is 0.639. The van der Waals surface area contributed by atoms with Crippen LogP contribution in [0.4, 0.5) is 0 Å². The first-order valence-corrected chi connectivity index (χ1v) is 8.94. The van der Waals surface area contributed by atoms with Crippen LogP contribution in [-0.2, 0) is 4.74 Å². The van der Waals surface area contributed by atoms with Gasteiger partial charge < -0.3 is 4.74 Å². The molecule has 0 radical (unpaired) electrons. The SMILES string of the molecule is CC1(C)[C@H](O[C@@H](C#N)c2cnc3ccccc3c2)[C@@H]1C=C(Br)Br. The first-order valence-electron chi connectivity index (χ1n) is 7.36. The van der Waals surface area contributed by atoms with E-state index in [-0.39, 0.29) is 17.4 Å². The molecule has 1 aliphatic rings. The minimum atomic E-state index is -0.608. The summed E-state index contributed by atoms with van der Waals surface area (Å²) in [5.41, 5.74) is 1.74. The number of rotatable bonds is 4. The highest BCUT2D eigenvalue weighted by atomic mass is 79.9. The number of fused-ring (bicyclic) bond motifs is 1. The maximum Gasteiger partial charge on any atom is 0.170 e. The van der Waals surface area contributed by atoms with E-state index in [2.05, 4.69) is 62.8 Å². The molecule has 0 N–H and O–H groups in total. The van der Waals surface area contributed by atoms with Crippen LogP contribution >= 0.6 is 31.9 Å². The highest BCUT2D eigenvalue weighted by molar-refractivity contribution is 9.28. The van der Waals surface area contributed by atoms with E-state index in [9.17, 15) is 5.26 Å². The van der Waals surface area contributed by atoms with Crippen LogP contribution in [-0.4, -0.2) is 11.1 Å². The molecule has 1 aromatic heterocycles. The van der Waals surface area contributed by atoms with Crippen molar-refractivity contribution in [3.8, 4) is 6.07 Å². The van der Waals surface area contributed by atoms with E-state index in [4.69, 9.17) is 4.74 Å². The lowest BCUT2D eigenvalue weighted by molar-refractivity contribution is 0.0529. The summed E-state index contributed by atoms with van der Waals surface area (Å²) in [6.07, 6.45) is 3.22. The Bertz CT molecular complexity index is 806. The highest BCUT2D eigenvalue weighted by Crippen LogP contribution is 2.57. The molecule has 0 unspecified atom stereocenters. The third kappa shape index (κ3) is 3.35. The lowest BCUT2D eigenvalue weighted by atomic mass is 10.1. The Morgan fingerprint density at radius 3 is 2.83 bits per heavy atom. The summed E-state index contributed by atoms with van der Waals surface area (Å²) in [4.78, 5) is 4.42. The molecule has 0 spiro atoms. The molecule has 118 valence electrons. The molecule has 0 amide bonds. The van der Waals surface area contributed by atoms with E-state index in [1.54, 1.807) is 6.20 Å². The Balaban J connectivity index is 1.83. The van der Waals surface area contributed by atoms with Gasteiger partial charge in [-0.2, -0.15) is 5.26 Å². The maximum atomic E-state index is 9.53. The Hall–Kier alpha value is -1.22. The Morgan fingerprint density at radius 2 is 2.13 bits per heavy atom. The van der Waals surface area contributed by atoms with Crippen LogP contribution in [0.5, 0.6) is 0 Å². The average Bonchev–Trinajstić information content (AvgIpc) is 3.03. The van der Waals surface area contributed by atoms with Crippen molar-refractivity contribution in [3.05, 3.63) is 51.6 Å². The van der Waals surface area contributed by atoms with Crippen LogP contribution in [0.1, 0.15) is 25.5 Å². The minimum Gasteiger partial charge on any atom is -0.354 e. The fourth-order valence-electron chi connectivity index (χ4n) is 2.89. The van der Waals surface area contributed by atoms with Crippen LogP contribution in [0.2, 0.25) is 0 Å². The third-order valence-corrected chi connectivity index (χ3v) is 4.96. The number of halogens is 2. The van der Waals surface area contributed by atoms with Crippen molar-refractivity contribution in [2.24, 2.45) is 11.3 Å². The number of pyridine rings is 1. The lowest BCUT2D eigenvalue weighted by Gasteiger charge is -2.12. The molecule has 3 nitrogen and oxygen atoms in total. The normalized spacial score (nSPS) is 23.1. The third-order valence-electron chi connectivity index (χ3n) is 4.43. The van der Waals surface area contributed by atoms with Gasteiger partial charge in [0.15, 0.2) is 6.10 Å². The van der Waals surface area contributed by atoms with Gasteiger partial charge in [-0.05, 0) is 44.0 Å². The van der Waals surface area contributed by atoms with Gasteiger partial charge in [0.1, 0.15) is 0 Å². The summed E-state index contributed by atoms with van der Waals surface area (Å²) in [6, 6.07) is 12.1. The maximum absolute atomic E-state index is 9.53. The van der Waals surface area contributed by atoms with Gasteiger partial charge in [-0.25, -0.2) is 0 Å². The standard InChI is InChI=1S/C18H16Br2N2O/c1-18(2)13(8-16(19)20)17(18)23-15(9-21)12-7-11-5-3-4-6-14(11)22-10-12/h3-8,10,13,15,17H,1-2H3/t13-,15-,17+/m0/s1. The van der Waals surface area contributed by atoms with Gasteiger partial charge >= 0.3 is 0 Å². The molecular weight excluding hydrogens is 420 g/mol. The summed E-state index contributed by atoms with van der Waals surface area (Å²) in [5.74, 6) is 0.278. The molecule has 23 heavy (non-hydrogen) atoms. The predicted molar refractivity (Wildman–Crippen MR) is 98.2 cm³/mol. The summed E-state index contributed by atoms with van der Waals surface area (Å²) in [5, 5.41) is 10.5. The number of nitriles is 1. The zero-order valence-electron chi connectivity index (χ0n) is 12.8. The number of aromatic nitrogens is 1. The summed E-state index contributed by atoms with van der Waals surface area (Å²) >= 11 is 6.79. The highest BCUT2D eigenvalue weighted by Gasteiger charge is 2.58. The number of benzene rings is 1. The molecule has 0 saturated heterocycles. The largest absolute Gasteiger partial charge is 0.354 e. The first kappa shape index (κ1) is 16.6. The average molecular weight is 436 g/mol. The molecule has 3 atom stereocenters. The molecule has 3 rings (SSSR count). The van der Waals surface area contributed by atoms with Crippen LogP contribution < -0.4 is 0 Å². The number of para-hydroxylation sites is 1. The molecule has 2 aromatic rings. The monoisotopic (exact) mass is 434 g/mol. The zero-order chi connectivity index (χ0) is 16.6. The second-order valence-corrected chi connectivity index (χ2v) is 9.10. The van der Waals surface area contributed by atoms with Gasteiger partial charge in [-0.15, -0.1) is 0 Å². The predicted octanol–water partition coefficient (Wildman–Crippen LogP) is 5.47. The summed E-state index contributed by atoms with van der Waals surface area (Å²) < 4.78 is 7.00. The van der Waals surface area contributed by atoms with Crippen LogP contribution in [0, 0.1) is 22.7 Å². The molecule has 1 saturated carbocycles. The smallest absolute Gasteiger partial charge is 0.170 e. The zero-order valence-corrected chi connectivity index (χ0v) is 16.0. The fourth-order valence-corrected chi connectivity index (χ4v) is 3.46. The van der Waals surface area contributed by atoms with Crippen molar-refractivity contribution in [3.63, 3.8) is 0 Å². The van der Waals surface area contributed by atoms with E-state index >= 15 is 0 Å². The molecule has 1 fully saturated rings.